The SMILES string of the molecule is CCC(=O)NCc1ccc(Cl)c(CN(C(=O)[C@@H]2CN(C(=O)O)CC[C@H]2c2ccc(N3CC[C@@H](Oc4c(Cl)cc(C)cc4Cl)C3)nc2)C2CC2)c1. The van der Waals surface area contributed by atoms with E-state index in [1.165, 1.54) is 4.90 Å². The Morgan fingerprint density at radius 3 is 2.40 bits per heavy atom. The lowest BCUT2D eigenvalue weighted by molar-refractivity contribution is -0.139. The highest BCUT2D eigenvalue weighted by Gasteiger charge is 2.43. The summed E-state index contributed by atoms with van der Waals surface area (Å²) in [5.74, 6) is 0.392. The maximum absolute atomic E-state index is 14.5. The average molecular weight is 743 g/mol. The molecule has 50 heavy (non-hydrogen) atoms. The molecule has 1 saturated carbocycles. The van der Waals surface area contributed by atoms with Gasteiger partial charge in [-0.1, -0.05) is 59.9 Å². The fourth-order valence-corrected chi connectivity index (χ4v) is 7.79. The number of hydrogen-bond acceptors (Lipinski definition) is 6. The molecule has 0 bridgehead atoms. The third-order valence-electron chi connectivity index (χ3n) is 9.83. The van der Waals surface area contributed by atoms with Gasteiger partial charge in [-0.15, -0.1) is 0 Å². The lowest BCUT2D eigenvalue weighted by Gasteiger charge is -2.39. The Morgan fingerprint density at radius 2 is 1.74 bits per heavy atom. The molecular weight excluding hydrogens is 701 g/mol. The summed E-state index contributed by atoms with van der Waals surface area (Å²) in [6.45, 7) is 6.23. The molecule has 3 amide bonds. The van der Waals surface area contributed by atoms with E-state index in [-0.39, 0.29) is 36.4 Å². The number of aromatic nitrogens is 1. The third kappa shape index (κ3) is 8.41. The minimum Gasteiger partial charge on any atom is -0.485 e. The maximum atomic E-state index is 14.5. The second-order valence-corrected chi connectivity index (χ2v) is 14.7. The summed E-state index contributed by atoms with van der Waals surface area (Å²) < 4.78 is 6.21. The largest absolute Gasteiger partial charge is 0.485 e. The van der Waals surface area contributed by atoms with Crippen molar-refractivity contribution in [1.29, 1.82) is 0 Å². The number of aryl methyl sites for hydroxylation is 1. The summed E-state index contributed by atoms with van der Waals surface area (Å²) in [4.78, 5) is 48.5. The number of nitrogens with zero attached hydrogens (tertiary/aromatic N) is 4. The summed E-state index contributed by atoms with van der Waals surface area (Å²) in [7, 11) is 0. The minimum absolute atomic E-state index is 0.0439. The van der Waals surface area contributed by atoms with E-state index in [1.54, 1.807) is 13.0 Å². The summed E-state index contributed by atoms with van der Waals surface area (Å²) in [6, 6.07) is 13.3. The van der Waals surface area contributed by atoms with Gasteiger partial charge in [-0.05, 0) is 72.7 Å². The molecule has 13 heteroatoms. The summed E-state index contributed by atoms with van der Waals surface area (Å²) in [5.41, 5.74) is 3.56. The molecule has 1 aromatic heterocycles. The summed E-state index contributed by atoms with van der Waals surface area (Å²) in [6.07, 6.45) is 4.14. The fourth-order valence-electron chi connectivity index (χ4n) is 6.93. The number of anilines is 1. The van der Waals surface area contributed by atoms with E-state index in [4.69, 9.17) is 44.5 Å². The van der Waals surface area contributed by atoms with Gasteiger partial charge in [0.25, 0.3) is 0 Å². The first-order chi connectivity index (χ1) is 24.0. The number of carbonyl (C=O) groups excluding carboxylic acids is 2. The van der Waals surface area contributed by atoms with Crippen molar-refractivity contribution in [3.8, 4) is 5.75 Å². The Hall–Kier alpha value is -3.73. The molecule has 0 unspecified atom stereocenters. The van der Waals surface area contributed by atoms with E-state index in [9.17, 15) is 19.5 Å². The van der Waals surface area contributed by atoms with E-state index >= 15 is 0 Å². The Balaban J connectivity index is 1.17. The summed E-state index contributed by atoms with van der Waals surface area (Å²) >= 11 is 19.5. The van der Waals surface area contributed by atoms with Gasteiger partial charge in [0.1, 0.15) is 11.9 Å². The number of rotatable bonds is 11. The Bertz CT molecular complexity index is 1710. The summed E-state index contributed by atoms with van der Waals surface area (Å²) in [5, 5.41) is 14.3. The molecule has 10 nitrogen and oxygen atoms in total. The first kappa shape index (κ1) is 36.1. The van der Waals surface area contributed by atoms with Gasteiger partial charge in [0.2, 0.25) is 11.8 Å². The van der Waals surface area contributed by atoms with Crippen LogP contribution in [0.1, 0.15) is 67.2 Å². The second-order valence-electron chi connectivity index (χ2n) is 13.5. The topological polar surface area (TPSA) is 115 Å². The van der Waals surface area contributed by atoms with Crippen molar-refractivity contribution >= 4 is 58.5 Å². The highest BCUT2D eigenvalue weighted by atomic mass is 35.5. The van der Waals surface area contributed by atoms with Gasteiger partial charge in [-0.2, -0.15) is 0 Å². The number of ether oxygens (including phenoxy) is 1. The van der Waals surface area contributed by atoms with Crippen LogP contribution in [0.25, 0.3) is 0 Å². The molecule has 3 aliphatic rings. The molecule has 6 rings (SSSR count). The average Bonchev–Trinajstić information content (AvgIpc) is 3.84. The van der Waals surface area contributed by atoms with Crippen LogP contribution in [-0.4, -0.2) is 76.1 Å². The number of carboxylic acid groups (broad SMARTS) is 1. The molecular formula is C37H42Cl3N5O5. The van der Waals surface area contributed by atoms with E-state index in [0.29, 0.717) is 59.8 Å². The van der Waals surface area contributed by atoms with Gasteiger partial charge >= 0.3 is 6.09 Å². The van der Waals surface area contributed by atoms with Crippen LogP contribution in [0.5, 0.6) is 5.75 Å². The Labute approximate surface area is 307 Å². The van der Waals surface area contributed by atoms with Crippen LogP contribution >= 0.6 is 34.8 Å². The van der Waals surface area contributed by atoms with Gasteiger partial charge in [-0.3, -0.25) is 9.59 Å². The molecule has 3 fully saturated rings. The van der Waals surface area contributed by atoms with E-state index in [0.717, 1.165) is 53.9 Å². The van der Waals surface area contributed by atoms with Crippen LogP contribution in [0.2, 0.25) is 15.1 Å². The standard InChI is InChI=1S/C37H42Cl3N5O5/c1-3-34(46)42-17-23-4-8-30(38)25(16-23)19-45(26-6-7-26)36(47)29-21-44(37(48)49)13-11-28(29)24-5-9-33(41-18-24)43-12-10-27(20-43)50-35-31(39)14-22(2)15-32(35)40/h4-5,8-9,14-16,18,26-29H,3,6-7,10-13,17,19-21H2,1-2H3,(H,42,46)(H,48,49)/t27-,28+,29-/m1/s1. The van der Waals surface area contributed by atoms with E-state index in [2.05, 4.69) is 10.2 Å². The van der Waals surface area contributed by atoms with Gasteiger partial charge in [0, 0.05) is 68.7 Å². The number of piperidine rings is 1. The number of carbonyl (C=O) groups is 3. The van der Waals surface area contributed by atoms with Crippen LogP contribution in [-0.2, 0) is 22.7 Å². The van der Waals surface area contributed by atoms with Crippen LogP contribution in [0.15, 0.2) is 48.7 Å². The molecule has 2 N–H and O–H groups in total. The first-order valence-electron chi connectivity index (χ1n) is 17.2. The van der Waals surface area contributed by atoms with Crippen LogP contribution in [0.3, 0.4) is 0 Å². The van der Waals surface area contributed by atoms with Crippen LogP contribution in [0, 0.1) is 12.8 Å². The van der Waals surface area contributed by atoms with E-state index < -0.39 is 12.0 Å². The van der Waals surface area contributed by atoms with Crippen molar-refractivity contribution in [1.82, 2.24) is 20.1 Å². The van der Waals surface area contributed by atoms with Gasteiger partial charge < -0.3 is 29.9 Å². The van der Waals surface area contributed by atoms with Crippen molar-refractivity contribution in [2.75, 3.05) is 31.1 Å². The van der Waals surface area contributed by atoms with Crippen molar-refractivity contribution < 1.29 is 24.2 Å². The molecule has 0 spiro atoms. The Kier molecular flexibility index (Phi) is 11.3. The lowest BCUT2D eigenvalue weighted by Crippen LogP contribution is -2.49. The monoisotopic (exact) mass is 741 g/mol. The number of benzene rings is 2. The first-order valence-corrected chi connectivity index (χ1v) is 18.3. The smallest absolute Gasteiger partial charge is 0.407 e. The number of hydrogen-bond donors (Lipinski definition) is 2. The Morgan fingerprint density at radius 1 is 0.980 bits per heavy atom. The molecule has 266 valence electrons. The molecule has 3 atom stereocenters. The molecule has 3 aromatic rings. The predicted octanol–water partition coefficient (Wildman–Crippen LogP) is 7.31. The van der Waals surface area contributed by atoms with Gasteiger partial charge in [0.05, 0.1) is 22.5 Å². The predicted molar refractivity (Wildman–Crippen MR) is 194 cm³/mol. The molecule has 2 saturated heterocycles. The van der Waals surface area contributed by atoms with Crippen molar-refractivity contribution in [2.24, 2.45) is 5.92 Å². The third-order valence-corrected chi connectivity index (χ3v) is 10.8. The number of pyridine rings is 1. The highest BCUT2D eigenvalue weighted by molar-refractivity contribution is 6.37. The van der Waals surface area contributed by atoms with Gasteiger partial charge in [0.15, 0.2) is 5.75 Å². The zero-order valence-electron chi connectivity index (χ0n) is 28.2. The normalized spacial score (nSPS) is 20.5. The molecule has 3 heterocycles. The maximum Gasteiger partial charge on any atom is 0.407 e. The second kappa shape index (κ2) is 15.7. The van der Waals surface area contributed by atoms with Crippen LogP contribution < -0.4 is 15.0 Å². The van der Waals surface area contributed by atoms with E-state index in [1.807, 2.05) is 54.4 Å². The lowest BCUT2D eigenvalue weighted by atomic mass is 9.80. The number of halogens is 3. The molecule has 1 aliphatic carbocycles. The van der Waals surface area contributed by atoms with Crippen molar-refractivity contribution in [2.45, 2.75) is 77.1 Å². The zero-order chi connectivity index (χ0) is 35.5. The number of nitrogens with one attached hydrogen (secondary N) is 1. The molecule has 2 aliphatic heterocycles. The molecule has 2 aromatic carbocycles. The van der Waals surface area contributed by atoms with Gasteiger partial charge in [-0.25, -0.2) is 9.78 Å². The number of amides is 3. The van der Waals surface area contributed by atoms with Crippen molar-refractivity contribution in [3.63, 3.8) is 0 Å². The quantitative estimate of drug-likeness (QED) is 0.212. The minimum atomic E-state index is -1.03. The number of likely N-dealkylation sites (tertiary alicyclic amines) is 1. The fraction of sp³-hybridized carbons (Fsp3) is 0.459. The highest BCUT2D eigenvalue weighted by Crippen LogP contribution is 2.39. The van der Waals surface area contributed by atoms with Crippen LogP contribution in [0.4, 0.5) is 10.6 Å². The molecule has 0 radical (unpaired) electrons. The zero-order valence-corrected chi connectivity index (χ0v) is 30.5. The van der Waals surface area contributed by atoms with Crippen molar-refractivity contribution in [3.05, 3.63) is 86.0 Å².